The Morgan fingerprint density at radius 1 is 1.27 bits per heavy atom. The standard InChI is InChI=1S/C17H13ClFN5OS/c18-16-13(2-1-9-20-16)21-15(25)10-26-17-22-14(23-24-17)8-5-11-3-6-12(19)7-4-11/h1-9H,10H2,(H,21,25)(H,22,23,24)/b8-5+. The molecule has 0 radical (unpaired) electrons. The second-order valence-corrected chi connectivity index (χ2v) is 6.37. The van der Waals surface area contributed by atoms with Gasteiger partial charge < -0.3 is 5.32 Å². The van der Waals surface area contributed by atoms with Crippen molar-refractivity contribution in [1.29, 1.82) is 0 Å². The fourth-order valence-corrected chi connectivity index (χ4v) is 2.71. The molecule has 0 saturated heterocycles. The first-order chi connectivity index (χ1) is 12.6. The SMILES string of the molecule is O=C(CSc1n[nH]c(/C=C/c2ccc(F)cc2)n1)Nc1cccnc1Cl. The molecule has 132 valence electrons. The number of hydrogen-bond acceptors (Lipinski definition) is 5. The third-order valence-corrected chi connectivity index (χ3v) is 4.30. The second kappa shape index (κ2) is 8.59. The van der Waals surface area contributed by atoms with Crippen LogP contribution in [-0.4, -0.2) is 31.8 Å². The van der Waals surface area contributed by atoms with Crippen LogP contribution in [0.15, 0.2) is 47.8 Å². The molecule has 0 aliphatic carbocycles. The van der Waals surface area contributed by atoms with E-state index in [1.54, 1.807) is 42.6 Å². The van der Waals surface area contributed by atoms with Crippen LogP contribution in [0.1, 0.15) is 11.4 Å². The Labute approximate surface area is 157 Å². The average molecular weight is 390 g/mol. The van der Waals surface area contributed by atoms with Crippen LogP contribution in [0, 0.1) is 5.82 Å². The number of pyridine rings is 1. The van der Waals surface area contributed by atoms with E-state index >= 15 is 0 Å². The third kappa shape index (κ3) is 5.14. The first-order valence-electron chi connectivity index (χ1n) is 7.49. The number of rotatable bonds is 6. The maximum Gasteiger partial charge on any atom is 0.234 e. The fraction of sp³-hybridized carbons (Fsp3) is 0.0588. The van der Waals surface area contributed by atoms with Crippen molar-refractivity contribution in [2.75, 3.05) is 11.1 Å². The minimum absolute atomic E-state index is 0.129. The van der Waals surface area contributed by atoms with E-state index in [1.165, 1.54) is 23.9 Å². The van der Waals surface area contributed by atoms with Crippen LogP contribution in [0.25, 0.3) is 12.2 Å². The summed E-state index contributed by atoms with van der Waals surface area (Å²) in [6.07, 6.45) is 5.05. The molecule has 0 bridgehead atoms. The number of aromatic amines is 1. The number of carbonyl (C=O) groups excluding carboxylic acids is 1. The van der Waals surface area contributed by atoms with Gasteiger partial charge in [-0.25, -0.2) is 14.4 Å². The van der Waals surface area contributed by atoms with E-state index in [4.69, 9.17) is 11.6 Å². The monoisotopic (exact) mass is 389 g/mol. The maximum atomic E-state index is 12.9. The highest BCUT2D eigenvalue weighted by atomic mass is 35.5. The lowest BCUT2D eigenvalue weighted by Crippen LogP contribution is -2.14. The molecule has 0 atom stereocenters. The van der Waals surface area contributed by atoms with Gasteiger partial charge in [-0.2, -0.15) is 0 Å². The van der Waals surface area contributed by atoms with E-state index in [0.29, 0.717) is 16.7 Å². The van der Waals surface area contributed by atoms with Crippen LogP contribution in [-0.2, 0) is 4.79 Å². The zero-order chi connectivity index (χ0) is 18.4. The predicted molar refractivity (Wildman–Crippen MR) is 100 cm³/mol. The topological polar surface area (TPSA) is 83.6 Å². The molecule has 1 amide bonds. The first kappa shape index (κ1) is 18.1. The largest absolute Gasteiger partial charge is 0.323 e. The lowest BCUT2D eigenvalue weighted by Gasteiger charge is -2.04. The molecule has 0 aliphatic heterocycles. The Bertz CT molecular complexity index is 929. The molecule has 26 heavy (non-hydrogen) atoms. The number of H-pyrrole nitrogens is 1. The number of amides is 1. The normalized spacial score (nSPS) is 11.0. The molecule has 2 N–H and O–H groups in total. The van der Waals surface area contributed by atoms with Gasteiger partial charge in [-0.15, -0.1) is 5.10 Å². The van der Waals surface area contributed by atoms with Gasteiger partial charge in [0.15, 0.2) is 5.15 Å². The predicted octanol–water partition coefficient (Wildman–Crippen LogP) is 3.89. The zero-order valence-corrected chi connectivity index (χ0v) is 14.9. The lowest BCUT2D eigenvalue weighted by atomic mass is 10.2. The highest BCUT2D eigenvalue weighted by molar-refractivity contribution is 7.99. The van der Waals surface area contributed by atoms with Gasteiger partial charge in [0.05, 0.1) is 11.4 Å². The summed E-state index contributed by atoms with van der Waals surface area (Å²) in [7, 11) is 0. The Morgan fingerprint density at radius 3 is 2.85 bits per heavy atom. The summed E-state index contributed by atoms with van der Waals surface area (Å²) < 4.78 is 12.9. The summed E-state index contributed by atoms with van der Waals surface area (Å²) in [6, 6.07) is 9.44. The molecule has 0 unspecified atom stereocenters. The molecule has 6 nitrogen and oxygen atoms in total. The van der Waals surface area contributed by atoms with Crippen LogP contribution < -0.4 is 5.32 Å². The van der Waals surface area contributed by atoms with Gasteiger partial charge in [0.25, 0.3) is 0 Å². The number of halogens is 2. The van der Waals surface area contributed by atoms with Crippen molar-refractivity contribution in [3.8, 4) is 0 Å². The molecular weight excluding hydrogens is 377 g/mol. The molecule has 9 heteroatoms. The highest BCUT2D eigenvalue weighted by Gasteiger charge is 2.09. The molecule has 1 aromatic carbocycles. The minimum Gasteiger partial charge on any atom is -0.323 e. The average Bonchev–Trinajstić information content (AvgIpc) is 3.09. The molecule has 0 saturated carbocycles. The smallest absolute Gasteiger partial charge is 0.234 e. The molecule has 0 spiro atoms. The number of nitrogens with one attached hydrogen (secondary N) is 2. The Balaban J connectivity index is 1.52. The fourth-order valence-electron chi connectivity index (χ4n) is 1.94. The molecule has 3 aromatic rings. The van der Waals surface area contributed by atoms with E-state index in [1.807, 2.05) is 0 Å². The van der Waals surface area contributed by atoms with Crippen LogP contribution in [0.5, 0.6) is 0 Å². The lowest BCUT2D eigenvalue weighted by molar-refractivity contribution is -0.113. The van der Waals surface area contributed by atoms with Crippen LogP contribution in [0.4, 0.5) is 10.1 Å². The summed E-state index contributed by atoms with van der Waals surface area (Å²) in [5, 5.41) is 10.1. The molecular formula is C17H13ClFN5OS. The van der Waals surface area contributed by atoms with Crippen molar-refractivity contribution < 1.29 is 9.18 Å². The van der Waals surface area contributed by atoms with E-state index in [-0.39, 0.29) is 22.6 Å². The maximum absolute atomic E-state index is 12.9. The quantitative estimate of drug-likeness (QED) is 0.493. The van der Waals surface area contributed by atoms with Crippen molar-refractivity contribution in [2.45, 2.75) is 5.16 Å². The number of benzene rings is 1. The molecule has 3 rings (SSSR count). The van der Waals surface area contributed by atoms with Crippen LogP contribution >= 0.6 is 23.4 Å². The molecule has 0 aliphatic rings. The van der Waals surface area contributed by atoms with Gasteiger partial charge >= 0.3 is 0 Å². The van der Waals surface area contributed by atoms with Crippen molar-refractivity contribution in [1.82, 2.24) is 20.2 Å². The summed E-state index contributed by atoms with van der Waals surface area (Å²) in [6.45, 7) is 0. The number of aromatic nitrogens is 4. The Kier molecular flexibility index (Phi) is 5.98. The minimum atomic E-state index is -0.286. The van der Waals surface area contributed by atoms with Crippen molar-refractivity contribution in [2.24, 2.45) is 0 Å². The van der Waals surface area contributed by atoms with Crippen molar-refractivity contribution >= 4 is 47.1 Å². The van der Waals surface area contributed by atoms with E-state index in [9.17, 15) is 9.18 Å². The first-order valence-corrected chi connectivity index (χ1v) is 8.86. The van der Waals surface area contributed by atoms with Gasteiger partial charge in [0, 0.05) is 6.20 Å². The molecule has 2 heterocycles. The van der Waals surface area contributed by atoms with E-state index in [0.717, 1.165) is 5.56 Å². The number of carbonyl (C=O) groups is 1. The van der Waals surface area contributed by atoms with Gasteiger partial charge in [-0.1, -0.05) is 41.6 Å². The van der Waals surface area contributed by atoms with E-state index in [2.05, 4.69) is 25.5 Å². The van der Waals surface area contributed by atoms with Crippen molar-refractivity contribution in [3.63, 3.8) is 0 Å². The summed E-state index contributed by atoms with van der Waals surface area (Å²) in [4.78, 5) is 20.1. The van der Waals surface area contributed by atoms with Crippen LogP contribution in [0.3, 0.4) is 0 Å². The van der Waals surface area contributed by atoms with Gasteiger partial charge in [-0.05, 0) is 35.9 Å². The van der Waals surface area contributed by atoms with Gasteiger partial charge in [-0.3, -0.25) is 9.89 Å². The molecule has 0 fully saturated rings. The zero-order valence-electron chi connectivity index (χ0n) is 13.3. The third-order valence-electron chi connectivity index (χ3n) is 3.15. The Morgan fingerprint density at radius 2 is 2.08 bits per heavy atom. The van der Waals surface area contributed by atoms with Crippen molar-refractivity contribution in [3.05, 3.63) is 65.0 Å². The summed E-state index contributed by atoms with van der Waals surface area (Å²) >= 11 is 7.08. The number of nitrogens with zero attached hydrogens (tertiary/aromatic N) is 3. The van der Waals surface area contributed by atoms with E-state index < -0.39 is 0 Å². The van der Waals surface area contributed by atoms with Gasteiger partial charge in [0.1, 0.15) is 11.6 Å². The molecule has 2 aromatic heterocycles. The van der Waals surface area contributed by atoms with Crippen LogP contribution in [0.2, 0.25) is 5.15 Å². The number of thioether (sulfide) groups is 1. The second-order valence-electron chi connectivity index (χ2n) is 5.07. The highest BCUT2D eigenvalue weighted by Crippen LogP contribution is 2.19. The summed E-state index contributed by atoms with van der Waals surface area (Å²) in [5.74, 6) is 0.140. The number of anilines is 1. The van der Waals surface area contributed by atoms with Gasteiger partial charge in [0.2, 0.25) is 11.1 Å². The number of hydrogen-bond donors (Lipinski definition) is 2. The summed E-state index contributed by atoms with van der Waals surface area (Å²) in [5.41, 5.74) is 1.29. The Hall–Kier alpha value is -2.71.